The number of nitrogens with zero attached hydrogens (tertiary/aromatic N) is 2. The second-order valence-electron chi connectivity index (χ2n) is 7.57. The van der Waals surface area contributed by atoms with Gasteiger partial charge in [0.15, 0.2) is 0 Å². The first-order valence-corrected chi connectivity index (χ1v) is 10.5. The number of aromatic nitrogens is 3. The molecule has 7 nitrogen and oxygen atoms in total. The SMILES string of the molecule is O=C(NCc1cccc(-c2cccc(-c3cc4cnccc4[nH]3)c2O)c1)Nc1ccccn1. The summed E-state index contributed by atoms with van der Waals surface area (Å²) in [6.07, 6.45) is 5.14. The number of rotatable bonds is 5. The first kappa shape index (κ1) is 20.3. The maximum Gasteiger partial charge on any atom is 0.320 e. The number of urea groups is 1. The van der Waals surface area contributed by atoms with Crippen molar-refractivity contribution in [1.82, 2.24) is 20.3 Å². The number of nitrogens with one attached hydrogen (secondary N) is 3. The van der Waals surface area contributed by atoms with E-state index in [2.05, 4.69) is 25.6 Å². The number of phenolic OH excluding ortho intramolecular Hbond substituents is 1. The molecular weight excluding hydrogens is 414 g/mol. The van der Waals surface area contributed by atoms with Crippen LogP contribution in [0.5, 0.6) is 5.75 Å². The molecule has 3 heterocycles. The fourth-order valence-electron chi connectivity index (χ4n) is 3.74. The van der Waals surface area contributed by atoms with Gasteiger partial charge in [-0.1, -0.05) is 36.4 Å². The Balaban J connectivity index is 1.36. The number of anilines is 1. The summed E-state index contributed by atoms with van der Waals surface area (Å²) >= 11 is 0. The summed E-state index contributed by atoms with van der Waals surface area (Å²) < 4.78 is 0. The Labute approximate surface area is 190 Å². The van der Waals surface area contributed by atoms with Crippen molar-refractivity contribution in [2.24, 2.45) is 0 Å². The molecule has 0 aliphatic rings. The van der Waals surface area contributed by atoms with E-state index in [1.165, 1.54) is 0 Å². The number of amides is 2. The van der Waals surface area contributed by atoms with Crippen LogP contribution in [-0.2, 0) is 6.54 Å². The summed E-state index contributed by atoms with van der Waals surface area (Å²) in [6.45, 7) is 0.335. The summed E-state index contributed by atoms with van der Waals surface area (Å²) in [5.74, 6) is 0.674. The topological polar surface area (TPSA) is 103 Å². The lowest BCUT2D eigenvalue weighted by molar-refractivity contribution is 0.251. The zero-order valence-electron chi connectivity index (χ0n) is 17.6. The minimum Gasteiger partial charge on any atom is -0.507 e. The molecule has 0 fully saturated rings. The fraction of sp³-hybridized carbons (Fsp3) is 0.0385. The maximum atomic E-state index is 12.2. The third-order valence-corrected chi connectivity index (χ3v) is 5.34. The number of carbonyl (C=O) groups is 1. The highest BCUT2D eigenvalue weighted by molar-refractivity contribution is 5.89. The lowest BCUT2D eigenvalue weighted by Crippen LogP contribution is -2.28. The number of phenols is 1. The summed E-state index contributed by atoms with van der Waals surface area (Å²) in [6, 6.07) is 22.3. The van der Waals surface area contributed by atoms with E-state index in [4.69, 9.17) is 0 Å². The van der Waals surface area contributed by atoms with E-state index in [0.717, 1.165) is 27.7 Å². The number of aromatic amines is 1. The van der Waals surface area contributed by atoms with Gasteiger partial charge in [0.05, 0.1) is 5.69 Å². The fourth-order valence-corrected chi connectivity index (χ4v) is 3.74. The number of H-pyrrole nitrogens is 1. The molecule has 0 radical (unpaired) electrons. The van der Waals surface area contributed by atoms with Gasteiger partial charge in [-0.05, 0) is 47.5 Å². The summed E-state index contributed by atoms with van der Waals surface area (Å²) in [5.41, 5.74) is 4.97. The standard InChI is InChI=1S/C26H21N5O2/c32-25-20(7-4-8-21(25)23-14-19-16-27-12-10-22(19)30-23)18-6-3-5-17(13-18)15-29-26(33)31-24-9-1-2-11-28-24/h1-14,16,30,32H,15H2,(H2,28,29,31,33). The average molecular weight is 435 g/mol. The Kier molecular flexibility index (Phi) is 5.43. The monoisotopic (exact) mass is 435 g/mol. The van der Waals surface area contributed by atoms with Gasteiger partial charge < -0.3 is 15.4 Å². The predicted molar refractivity (Wildman–Crippen MR) is 129 cm³/mol. The van der Waals surface area contributed by atoms with Crippen LogP contribution in [0.15, 0.2) is 91.4 Å². The van der Waals surface area contributed by atoms with Crippen molar-refractivity contribution in [2.45, 2.75) is 6.54 Å². The number of carbonyl (C=O) groups excluding carboxylic acids is 1. The van der Waals surface area contributed by atoms with Gasteiger partial charge >= 0.3 is 6.03 Å². The number of pyridine rings is 2. The number of hydrogen-bond acceptors (Lipinski definition) is 4. The average Bonchev–Trinajstić information content (AvgIpc) is 3.28. The second kappa shape index (κ2) is 8.84. The highest BCUT2D eigenvalue weighted by Gasteiger charge is 2.13. The van der Waals surface area contributed by atoms with Crippen LogP contribution in [0, 0.1) is 0 Å². The summed E-state index contributed by atoms with van der Waals surface area (Å²) in [4.78, 5) is 23.7. The van der Waals surface area contributed by atoms with Crippen molar-refractivity contribution < 1.29 is 9.90 Å². The van der Waals surface area contributed by atoms with Gasteiger partial charge in [-0.25, -0.2) is 9.78 Å². The minimum atomic E-state index is -0.336. The largest absolute Gasteiger partial charge is 0.507 e. The molecule has 0 atom stereocenters. The zero-order chi connectivity index (χ0) is 22.6. The maximum absolute atomic E-state index is 12.2. The molecule has 0 aliphatic heterocycles. The lowest BCUT2D eigenvalue weighted by Gasteiger charge is -2.11. The van der Waals surface area contributed by atoms with Crippen LogP contribution in [0.4, 0.5) is 10.6 Å². The van der Waals surface area contributed by atoms with Crippen molar-refractivity contribution in [2.75, 3.05) is 5.32 Å². The van der Waals surface area contributed by atoms with Crippen LogP contribution in [0.2, 0.25) is 0 Å². The van der Waals surface area contributed by atoms with Gasteiger partial charge in [0.25, 0.3) is 0 Å². The van der Waals surface area contributed by atoms with Crippen LogP contribution in [0.25, 0.3) is 33.3 Å². The number of hydrogen-bond donors (Lipinski definition) is 4. The zero-order valence-corrected chi connectivity index (χ0v) is 17.6. The third kappa shape index (κ3) is 4.38. The molecule has 0 aliphatic carbocycles. The van der Waals surface area contributed by atoms with Crippen molar-refractivity contribution in [1.29, 1.82) is 0 Å². The van der Waals surface area contributed by atoms with E-state index < -0.39 is 0 Å². The molecule has 0 unspecified atom stereocenters. The number of benzene rings is 2. The molecule has 33 heavy (non-hydrogen) atoms. The first-order valence-electron chi connectivity index (χ1n) is 10.5. The van der Waals surface area contributed by atoms with Crippen LogP contribution in [0.3, 0.4) is 0 Å². The van der Waals surface area contributed by atoms with Gasteiger partial charge in [-0.3, -0.25) is 10.3 Å². The normalized spacial score (nSPS) is 10.8. The first-order chi connectivity index (χ1) is 16.2. The summed E-state index contributed by atoms with van der Waals surface area (Å²) in [7, 11) is 0. The summed E-state index contributed by atoms with van der Waals surface area (Å²) in [5, 5.41) is 17.6. The molecule has 2 aromatic carbocycles. The minimum absolute atomic E-state index is 0.190. The predicted octanol–water partition coefficient (Wildman–Crippen LogP) is 5.32. The Bertz CT molecular complexity index is 1400. The van der Waals surface area contributed by atoms with Gasteiger partial charge in [0.1, 0.15) is 11.6 Å². The Morgan fingerprint density at radius 3 is 2.67 bits per heavy atom. The third-order valence-electron chi connectivity index (χ3n) is 5.34. The highest BCUT2D eigenvalue weighted by Crippen LogP contribution is 2.38. The molecular formula is C26H21N5O2. The van der Waals surface area contributed by atoms with Crippen molar-refractivity contribution in [3.05, 3.63) is 97.0 Å². The number of fused-ring (bicyclic) bond motifs is 1. The van der Waals surface area contributed by atoms with E-state index >= 15 is 0 Å². The number of aromatic hydroxyl groups is 1. The van der Waals surface area contributed by atoms with Gasteiger partial charge in [0, 0.05) is 47.2 Å². The van der Waals surface area contributed by atoms with Gasteiger partial charge in [-0.15, -0.1) is 0 Å². The Hall–Kier alpha value is -4.65. The van der Waals surface area contributed by atoms with E-state index in [0.29, 0.717) is 23.5 Å². The van der Waals surface area contributed by atoms with Gasteiger partial charge in [-0.2, -0.15) is 0 Å². The molecule has 5 rings (SSSR count). The smallest absolute Gasteiger partial charge is 0.320 e. The molecule has 7 heteroatoms. The van der Waals surface area contributed by atoms with Crippen molar-refractivity contribution in [3.8, 4) is 28.1 Å². The molecule has 162 valence electrons. The Morgan fingerprint density at radius 2 is 1.82 bits per heavy atom. The lowest BCUT2D eigenvalue weighted by atomic mass is 9.98. The quantitative estimate of drug-likeness (QED) is 0.300. The van der Waals surface area contributed by atoms with Crippen molar-refractivity contribution in [3.63, 3.8) is 0 Å². The second-order valence-corrected chi connectivity index (χ2v) is 7.57. The molecule has 2 amide bonds. The molecule has 0 spiro atoms. The molecule has 5 aromatic rings. The molecule has 0 saturated carbocycles. The van der Waals surface area contributed by atoms with E-state index in [9.17, 15) is 9.90 Å². The van der Waals surface area contributed by atoms with Crippen LogP contribution < -0.4 is 10.6 Å². The van der Waals surface area contributed by atoms with Crippen LogP contribution in [0.1, 0.15) is 5.56 Å². The molecule has 0 bridgehead atoms. The van der Waals surface area contributed by atoms with Crippen molar-refractivity contribution >= 4 is 22.8 Å². The molecule has 0 saturated heterocycles. The van der Waals surface area contributed by atoms with Gasteiger partial charge in [0.2, 0.25) is 0 Å². The van der Waals surface area contributed by atoms with E-state index in [1.807, 2.05) is 54.6 Å². The van der Waals surface area contributed by atoms with Crippen LogP contribution in [-0.4, -0.2) is 26.1 Å². The van der Waals surface area contributed by atoms with Crippen LogP contribution >= 0.6 is 0 Å². The number of para-hydroxylation sites is 1. The van der Waals surface area contributed by atoms with E-state index in [-0.39, 0.29) is 11.8 Å². The molecule has 3 aromatic heterocycles. The molecule has 4 N–H and O–H groups in total. The highest BCUT2D eigenvalue weighted by atomic mass is 16.3. The van der Waals surface area contributed by atoms with E-state index in [1.54, 1.807) is 36.8 Å². The Morgan fingerprint density at radius 1 is 0.939 bits per heavy atom.